The van der Waals surface area contributed by atoms with Crippen LogP contribution >= 0.6 is 0 Å². The van der Waals surface area contributed by atoms with Crippen LogP contribution in [0.2, 0.25) is 0 Å². The van der Waals surface area contributed by atoms with E-state index in [0.29, 0.717) is 0 Å². The molecule has 0 amide bonds. The van der Waals surface area contributed by atoms with Crippen molar-refractivity contribution in [2.45, 2.75) is 58.5 Å². The van der Waals surface area contributed by atoms with Gasteiger partial charge in [0.25, 0.3) is 0 Å². The Kier molecular flexibility index (Phi) is 6.17. The van der Waals surface area contributed by atoms with Crippen LogP contribution in [0.3, 0.4) is 0 Å². The molecular formula is C15H24O. The number of hydrogen-bond donors (Lipinski definition) is 1. The molecule has 0 heterocycles. The van der Waals surface area contributed by atoms with Crippen LogP contribution < -0.4 is 0 Å². The van der Waals surface area contributed by atoms with E-state index in [1.165, 1.54) is 18.4 Å². The summed E-state index contributed by atoms with van der Waals surface area (Å²) < 4.78 is 0. The maximum Gasteiger partial charge on any atom is 0.0790 e. The molecule has 1 unspecified atom stereocenters. The van der Waals surface area contributed by atoms with E-state index in [9.17, 15) is 5.11 Å². The zero-order valence-corrected chi connectivity index (χ0v) is 10.6. The predicted octanol–water partition coefficient (Wildman–Crippen LogP) is 4.25. The van der Waals surface area contributed by atoms with Crippen molar-refractivity contribution >= 4 is 0 Å². The van der Waals surface area contributed by atoms with E-state index in [-0.39, 0.29) is 6.10 Å². The molecule has 0 aliphatic carbocycles. The average Bonchev–Trinajstić information content (AvgIpc) is 2.34. The van der Waals surface area contributed by atoms with Crippen molar-refractivity contribution in [1.82, 2.24) is 0 Å². The quantitative estimate of drug-likeness (QED) is 0.728. The molecule has 0 aliphatic heterocycles. The molecule has 0 saturated carbocycles. The summed E-state index contributed by atoms with van der Waals surface area (Å²) in [4.78, 5) is 0. The Balaban J connectivity index is 2.49. The van der Waals surface area contributed by atoms with Crippen LogP contribution in [0.15, 0.2) is 24.3 Å². The number of aliphatic hydroxyl groups is 1. The minimum absolute atomic E-state index is 0.278. The van der Waals surface area contributed by atoms with Gasteiger partial charge in [-0.3, -0.25) is 0 Å². The predicted molar refractivity (Wildman–Crippen MR) is 69.5 cm³/mol. The highest BCUT2D eigenvalue weighted by Crippen LogP contribution is 2.19. The lowest BCUT2D eigenvalue weighted by Crippen LogP contribution is -1.97. The number of unbranched alkanes of at least 4 members (excludes halogenated alkanes) is 2. The second-order valence-corrected chi connectivity index (χ2v) is 4.50. The molecule has 1 aromatic rings. The SMILES string of the molecule is CCCCc1ccc(C(O)CCCC)cc1. The highest BCUT2D eigenvalue weighted by Gasteiger charge is 2.06. The third-order valence-electron chi connectivity index (χ3n) is 3.01. The summed E-state index contributed by atoms with van der Waals surface area (Å²) in [6.07, 6.45) is 6.48. The van der Waals surface area contributed by atoms with E-state index >= 15 is 0 Å². The molecule has 16 heavy (non-hydrogen) atoms. The van der Waals surface area contributed by atoms with Crippen molar-refractivity contribution in [1.29, 1.82) is 0 Å². The van der Waals surface area contributed by atoms with Crippen molar-refractivity contribution in [3.8, 4) is 0 Å². The smallest absolute Gasteiger partial charge is 0.0790 e. The van der Waals surface area contributed by atoms with Gasteiger partial charge in [0.2, 0.25) is 0 Å². The van der Waals surface area contributed by atoms with Crippen molar-refractivity contribution in [2.75, 3.05) is 0 Å². The normalized spacial score (nSPS) is 12.7. The van der Waals surface area contributed by atoms with E-state index in [1.807, 2.05) is 0 Å². The first-order chi connectivity index (χ1) is 7.77. The number of hydrogen-bond acceptors (Lipinski definition) is 1. The molecule has 0 aromatic heterocycles. The summed E-state index contributed by atoms with van der Waals surface area (Å²) in [7, 11) is 0. The molecule has 1 rings (SSSR count). The minimum Gasteiger partial charge on any atom is -0.388 e. The van der Waals surface area contributed by atoms with Gasteiger partial charge in [0.15, 0.2) is 0 Å². The lowest BCUT2D eigenvalue weighted by Gasteiger charge is -2.10. The molecule has 0 aliphatic rings. The van der Waals surface area contributed by atoms with Crippen molar-refractivity contribution in [3.05, 3.63) is 35.4 Å². The maximum absolute atomic E-state index is 9.92. The van der Waals surface area contributed by atoms with Crippen LogP contribution in [0.25, 0.3) is 0 Å². The Morgan fingerprint density at radius 3 is 2.19 bits per heavy atom. The summed E-state index contributed by atoms with van der Waals surface area (Å²) >= 11 is 0. The summed E-state index contributed by atoms with van der Waals surface area (Å²) in [5.74, 6) is 0. The first-order valence-electron chi connectivity index (χ1n) is 6.54. The number of aliphatic hydroxyl groups excluding tert-OH is 1. The number of aryl methyl sites for hydroxylation is 1. The lowest BCUT2D eigenvalue weighted by molar-refractivity contribution is 0.164. The van der Waals surface area contributed by atoms with Gasteiger partial charge in [0.1, 0.15) is 0 Å². The molecule has 1 aromatic carbocycles. The summed E-state index contributed by atoms with van der Waals surface area (Å²) in [5.41, 5.74) is 2.45. The Morgan fingerprint density at radius 2 is 1.62 bits per heavy atom. The van der Waals surface area contributed by atoms with Gasteiger partial charge in [-0.1, -0.05) is 57.4 Å². The van der Waals surface area contributed by atoms with Crippen molar-refractivity contribution in [2.24, 2.45) is 0 Å². The molecule has 1 N–H and O–H groups in total. The molecule has 0 fully saturated rings. The molecule has 0 radical (unpaired) electrons. The van der Waals surface area contributed by atoms with Crippen molar-refractivity contribution in [3.63, 3.8) is 0 Å². The number of benzene rings is 1. The Bertz CT molecular complexity index is 276. The summed E-state index contributed by atoms with van der Waals surface area (Å²) in [5, 5.41) is 9.92. The fourth-order valence-corrected chi connectivity index (χ4v) is 1.85. The van der Waals surface area contributed by atoms with Gasteiger partial charge in [-0.25, -0.2) is 0 Å². The monoisotopic (exact) mass is 220 g/mol. The average molecular weight is 220 g/mol. The Hall–Kier alpha value is -0.820. The summed E-state index contributed by atoms with van der Waals surface area (Å²) in [6, 6.07) is 8.46. The Labute approximate surface area is 99.5 Å². The van der Waals surface area contributed by atoms with Crippen LogP contribution in [0, 0.1) is 0 Å². The first kappa shape index (κ1) is 13.2. The van der Waals surface area contributed by atoms with Crippen LogP contribution in [0.1, 0.15) is 63.2 Å². The second-order valence-electron chi connectivity index (χ2n) is 4.50. The zero-order valence-electron chi connectivity index (χ0n) is 10.6. The van der Waals surface area contributed by atoms with Gasteiger partial charge < -0.3 is 5.11 Å². The zero-order chi connectivity index (χ0) is 11.8. The first-order valence-corrected chi connectivity index (χ1v) is 6.54. The molecule has 0 spiro atoms. The van der Waals surface area contributed by atoms with E-state index < -0.39 is 0 Å². The molecule has 1 atom stereocenters. The van der Waals surface area contributed by atoms with Gasteiger partial charge in [0, 0.05) is 0 Å². The molecule has 0 bridgehead atoms. The van der Waals surface area contributed by atoms with E-state index in [0.717, 1.165) is 31.2 Å². The number of rotatable bonds is 7. The molecule has 90 valence electrons. The highest BCUT2D eigenvalue weighted by molar-refractivity contribution is 5.24. The fourth-order valence-electron chi connectivity index (χ4n) is 1.85. The van der Waals surface area contributed by atoms with Gasteiger partial charge >= 0.3 is 0 Å². The minimum atomic E-state index is -0.278. The van der Waals surface area contributed by atoms with Crippen LogP contribution in [-0.4, -0.2) is 5.11 Å². The summed E-state index contributed by atoms with van der Waals surface area (Å²) in [6.45, 7) is 4.36. The highest BCUT2D eigenvalue weighted by atomic mass is 16.3. The lowest BCUT2D eigenvalue weighted by atomic mass is 10.0. The van der Waals surface area contributed by atoms with E-state index in [4.69, 9.17) is 0 Å². The maximum atomic E-state index is 9.92. The second kappa shape index (κ2) is 7.45. The van der Waals surface area contributed by atoms with Gasteiger partial charge in [-0.05, 0) is 30.4 Å². The topological polar surface area (TPSA) is 20.2 Å². The van der Waals surface area contributed by atoms with Crippen LogP contribution in [0.5, 0.6) is 0 Å². The van der Waals surface area contributed by atoms with Gasteiger partial charge in [0.05, 0.1) is 6.10 Å². The largest absolute Gasteiger partial charge is 0.388 e. The standard InChI is InChI=1S/C15H24O/c1-3-5-7-13-9-11-14(12-10-13)15(16)8-6-4-2/h9-12,15-16H,3-8H2,1-2H3. The fraction of sp³-hybridized carbons (Fsp3) is 0.600. The third kappa shape index (κ3) is 4.36. The van der Waals surface area contributed by atoms with E-state index in [1.54, 1.807) is 0 Å². The van der Waals surface area contributed by atoms with Crippen molar-refractivity contribution < 1.29 is 5.11 Å². The molecule has 0 saturated heterocycles. The van der Waals surface area contributed by atoms with Crippen LogP contribution in [0.4, 0.5) is 0 Å². The Morgan fingerprint density at radius 1 is 1.00 bits per heavy atom. The molecule has 1 nitrogen and oxygen atoms in total. The van der Waals surface area contributed by atoms with Gasteiger partial charge in [-0.2, -0.15) is 0 Å². The molecule has 1 heteroatoms. The third-order valence-corrected chi connectivity index (χ3v) is 3.01. The van der Waals surface area contributed by atoms with Gasteiger partial charge in [-0.15, -0.1) is 0 Å². The van der Waals surface area contributed by atoms with E-state index in [2.05, 4.69) is 38.1 Å². The molecular weight excluding hydrogens is 196 g/mol. The van der Waals surface area contributed by atoms with Crippen LogP contribution in [-0.2, 0) is 6.42 Å².